The summed E-state index contributed by atoms with van der Waals surface area (Å²) < 4.78 is 5.41. The smallest absolute Gasteiger partial charge is 0.273 e. The highest BCUT2D eigenvalue weighted by molar-refractivity contribution is 7.07. The molecule has 4 rings (SSSR count). The SMILES string of the molecule is O=C(c1cscn1)N1CC2CN(Cc3ccco3)CC2C1. The van der Waals surface area contributed by atoms with Gasteiger partial charge in [-0.3, -0.25) is 9.69 Å². The van der Waals surface area contributed by atoms with Crippen LogP contribution in [0.5, 0.6) is 0 Å². The maximum absolute atomic E-state index is 12.3. The molecule has 4 heterocycles. The Balaban J connectivity index is 1.36. The van der Waals surface area contributed by atoms with Gasteiger partial charge in [-0.1, -0.05) is 0 Å². The van der Waals surface area contributed by atoms with E-state index in [1.54, 1.807) is 11.8 Å². The summed E-state index contributed by atoms with van der Waals surface area (Å²) in [7, 11) is 0. The second kappa shape index (κ2) is 5.27. The molecule has 0 N–H and O–H groups in total. The highest BCUT2D eigenvalue weighted by Gasteiger charge is 2.41. The molecular weight excluding hydrogens is 286 g/mol. The van der Waals surface area contributed by atoms with E-state index >= 15 is 0 Å². The van der Waals surface area contributed by atoms with Crippen molar-refractivity contribution in [3.05, 3.63) is 40.7 Å². The van der Waals surface area contributed by atoms with Crippen molar-refractivity contribution in [1.29, 1.82) is 0 Å². The van der Waals surface area contributed by atoms with Gasteiger partial charge in [-0.05, 0) is 24.0 Å². The molecule has 2 saturated heterocycles. The van der Waals surface area contributed by atoms with E-state index in [4.69, 9.17) is 4.42 Å². The minimum atomic E-state index is 0.0863. The molecule has 2 unspecified atom stereocenters. The second-order valence-electron chi connectivity index (χ2n) is 5.88. The third-order valence-electron chi connectivity index (χ3n) is 4.46. The van der Waals surface area contributed by atoms with Gasteiger partial charge in [-0.15, -0.1) is 11.3 Å². The van der Waals surface area contributed by atoms with Crippen molar-refractivity contribution in [2.75, 3.05) is 26.2 Å². The second-order valence-corrected chi connectivity index (χ2v) is 6.60. The van der Waals surface area contributed by atoms with E-state index in [0.717, 1.165) is 38.5 Å². The highest BCUT2D eigenvalue weighted by Crippen LogP contribution is 2.32. The van der Waals surface area contributed by atoms with Gasteiger partial charge in [0.2, 0.25) is 0 Å². The summed E-state index contributed by atoms with van der Waals surface area (Å²) in [5.41, 5.74) is 2.31. The van der Waals surface area contributed by atoms with Gasteiger partial charge in [-0.2, -0.15) is 0 Å². The maximum Gasteiger partial charge on any atom is 0.273 e. The van der Waals surface area contributed by atoms with Gasteiger partial charge in [0.15, 0.2) is 0 Å². The van der Waals surface area contributed by atoms with Crippen molar-refractivity contribution >= 4 is 17.2 Å². The van der Waals surface area contributed by atoms with Crippen LogP contribution in [0.25, 0.3) is 0 Å². The maximum atomic E-state index is 12.3. The zero-order valence-electron chi connectivity index (χ0n) is 11.6. The number of carbonyl (C=O) groups is 1. The Morgan fingerprint density at radius 3 is 2.76 bits per heavy atom. The molecule has 2 atom stereocenters. The topological polar surface area (TPSA) is 49.6 Å². The molecule has 2 aliphatic heterocycles. The number of thiazole rings is 1. The van der Waals surface area contributed by atoms with E-state index in [2.05, 4.69) is 9.88 Å². The number of hydrogen-bond donors (Lipinski definition) is 0. The van der Waals surface area contributed by atoms with Crippen LogP contribution in [0.15, 0.2) is 33.7 Å². The largest absolute Gasteiger partial charge is 0.468 e. The van der Waals surface area contributed by atoms with Crippen LogP contribution in [-0.4, -0.2) is 46.9 Å². The molecule has 0 aliphatic carbocycles. The molecule has 2 aliphatic rings. The van der Waals surface area contributed by atoms with E-state index in [-0.39, 0.29) is 5.91 Å². The number of nitrogens with zero attached hydrogens (tertiary/aromatic N) is 3. The van der Waals surface area contributed by atoms with Crippen LogP contribution >= 0.6 is 11.3 Å². The Labute approximate surface area is 127 Å². The summed E-state index contributed by atoms with van der Waals surface area (Å²) in [6.45, 7) is 4.68. The summed E-state index contributed by atoms with van der Waals surface area (Å²) in [6, 6.07) is 3.95. The van der Waals surface area contributed by atoms with Crippen molar-refractivity contribution in [3.63, 3.8) is 0 Å². The predicted molar refractivity (Wildman–Crippen MR) is 79.0 cm³/mol. The fourth-order valence-electron chi connectivity index (χ4n) is 3.49. The molecule has 2 fully saturated rings. The zero-order chi connectivity index (χ0) is 14.2. The lowest BCUT2D eigenvalue weighted by Gasteiger charge is -2.20. The third-order valence-corrected chi connectivity index (χ3v) is 5.05. The summed E-state index contributed by atoms with van der Waals surface area (Å²) >= 11 is 1.47. The number of carbonyl (C=O) groups excluding carboxylic acids is 1. The lowest BCUT2D eigenvalue weighted by molar-refractivity contribution is 0.0767. The van der Waals surface area contributed by atoms with Gasteiger partial charge in [-0.25, -0.2) is 4.98 Å². The third kappa shape index (κ3) is 2.49. The summed E-state index contributed by atoms with van der Waals surface area (Å²) in [4.78, 5) is 20.8. The highest BCUT2D eigenvalue weighted by atomic mass is 32.1. The summed E-state index contributed by atoms with van der Waals surface area (Å²) in [5, 5.41) is 1.83. The molecule has 5 nitrogen and oxygen atoms in total. The number of aromatic nitrogens is 1. The van der Waals surface area contributed by atoms with Crippen molar-refractivity contribution < 1.29 is 9.21 Å². The number of rotatable bonds is 3. The first-order chi connectivity index (χ1) is 10.3. The van der Waals surface area contributed by atoms with Crippen molar-refractivity contribution in [2.45, 2.75) is 6.54 Å². The Kier molecular flexibility index (Phi) is 3.27. The number of likely N-dealkylation sites (tertiary alicyclic amines) is 2. The molecule has 2 aromatic heterocycles. The minimum absolute atomic E-state index is 0.0863. The first-order valence-electron chi connectivity index (χ1n) is 7.22. The van der Waals surface area contributed by atoms with Gasteiger partial charge in [0.1, 0.15) is 11.5 Å². The first kappa shape index (κ1) is 13.0. The Bertz CT molecular complexity index is 597. The van der Waals surface area contributed by atoms with Gasteiger partial charge in [0.25, 0.3) is 5.91 Å². The first-order valence-corrected chi connectivity index (χ1v) is 8.16. The molecule has 0 spiro atoms. The Morgan fingerprint density at radius 2 is 2.14 bits per heavy atom. The van der Waals surface area contributed by atoms with Crippen molar-refractivity contribution in [3.8, 4) is 0 Å². The van der Waals surface area contributed by atoms with Crippen LogP contribution < -0.4 is 0 Å². The van der Waals surface area contributed by atoms with E-state index in [9.17, 15) is 4.79 Å². The molecule has 1 amide bonds. The molecule has 0 radical (unpaired) electrons. The van der Waals surface area contributed by atoms with E-state index in [1.165, 1.54) is 11.3 Å². The lowest BCUT2D eigenvalue weighted by Crippen LogP contribution is -2.33. The molecule has 0 saturated carbocycles. The van der Waals surface area contributed by atoms with Crippen LogP contribution in [0.3, 0.4) is 0 Å². The van der Waals surface area contributed by atoms with Crippen LogP contribution in [-0.2, 0) is 6.54 Å². The Hall–Kier alpha value is -1.66. The minimum Gasteiger partial charge on any atom is -0.468 e. The van der Waals surface area contributed by atoms with E-state index < -0.39 is 0 Å². The number of hydrogen-bond acceptors (Lipinski definition) is 5. The van der Waals surface area contributed by atoms with Crippen LogP contribution in [0.2, 0.25) is 0 Å². The summed E-state index contributed by atoms with van der Waals surface area (Å²) in [5.74, 6) is 2.28. The zero-order valence-corrected chi connectivity index (χ0v) is 12.5. The average Bonchev–Trinajstić information content (AvgIpc) is 3.23. The average molecular weight is 303 g/mol. The molecular formula is C15H17N3O2S. The fourth-order valence-corrected chi connectivity index (χ4v) is 4.01. The van der Waals surface area contributed by atoms with Gasteiger partial charge < -0.3 is 9.32 Å². The van der Waals surface area contributed by atoms with Gasteiger partial charge >= 0.3 is 0 Å². The Morgan fingerprint density at radius 1 is 1.33 bits per heavy atom. The van der Waals surface area contributed by atoms with Crippen molar-refractivity contribution in [1.82, 2.24) is 14.8 Å². The number of fused-ring (bicyclic) bond motifs is 1. The normalized spacial score (nSPS) is 25.4. The summed E-state index contributed by atoms with van der Waals surface area (Å²) in [6.07, 6.45) is 1.72. The van der Waals surface area contributed by atoms with Crippen LogP contribution in [0.4, 0.5) is 0 Å². The molecule has 0 bridgehead atoms. The van der Waals surface area contributed by atoms with Crippen LogP contribution in [0.1, 0.15) is 16.2 Å². The molecule has 2 aromatic rings. The molecule has 110 valence electrons. The molecule has 0 aromatic carbocycles. The van der Waals surface area contributed by atoms with E-state index in [0.29, 0.717) is 17.5 Å². The van der Waals surface area contributed by atoms with Gasteiger partial charge in [0.05, 0.1) is 18.3 Å². The predicted octanol–water partition coefficient (Wildman–Crippen LogP) is 1.94. The number of furan rings is 1. The lowest BCUT2D eigenvalue weighted by atomic mass is 10.0. The molecule has 6 heteroatoms. The number of amides is 1. The fraction of sp³-hybridized carbons (Fsp3) is 0.467. The quantitative estimate of drug-likeness (QED) is 0.869. The molecule has 21 heavy (non-hydrogen) atoms. The van der Waals surface area contributed by atoms with Crippen molar-refractivity contribution in [2.24, 2.45) is 11.8 Å². The van der Waals surface area contributed by atoms with Gasteiger partial charge in [0, 0.05) is 31.6 Å². The standard InChI is InChI=1S/C15H17N3O2S/c19-15(14-9-21-10-16-14)18-6-11-4-17(5-12(11)7-18)8-13-2-1-3-20-13/h1-3,9-12H,4-8H2. The monoisotopic (exact) mass is 303 g/mol. The van der Waals surface area contributed by atoms with Crippen LogP contribution in [0, 0.1) is 11.8 Å². The van der Waals surface area contributed by atoms with E-state index in [1.807, 2.05) is 22.4 Å².